The van der Waals surface area contributed by atoms with Crippen molar-refractivity contribution in [2.75, 3.05) is 13.2 Å². The number of carbonyl (C=O) groups is 1. The van der Waals surface area contributed by atoms with E-state index in [1.807, 2.05) is 0 Å². The summed E-state index contributed by atoms with van der Waals surface area (Å²) in [7, 11) is 0. The molecule has 0 atom stereocenters. The van der Waals surface area contributed by atoms with Gasteiger partial charge < -0.3 is 10.4 Å². The highest BCUT2D eigenvalue weighted by atomic mass is 32.1. The molecule has 4 aliphatic rings. The maximum atomic E-state index is 11.9. The van der Waals surface area contributed by atoms with Gasteiger partial charge in [0.2, 0.25) is 5.91 Å². The standard InChI is InChI=1S/C14H23NO2S/c16-2-1-15-13(17)8-14(18)11-4-9-3-10(6-11)7-12(14)5-9/h9-12,16,18H,1-8H2,(H,15,17). The molecular weight excluding hydrogens is 246 g/mol. The molecule has 4 heteroatoms. The third-order valence-corrected chi connectivity index (χ3v) is 6.32. The van der Waals surface area contributed by atoms with Crippen molar-refractivity contribution in [3.63, 3.8) is 0 Å². The molecule has 4 rings (SSSR count). The Bertz CT molecular complexity index is 317. The van der Waals surface area contributed by atoms with Crippen LogP contribution in [0, 0.1) is 23.7 Å². The lowest BCUT2D eigenvalue weighted by molar-refractivity contribution is -0.124. The van der Waals surface area contributed by atoms with Gasteiger partial charge in [-0.25, -0.2) is 0 Å². The van der Waals surface area contributed by atoms with Gasteiger partial charge in [-0.3, -0.25) is 4.79 Å². The van der Waals surface area contributed by atoms with Gasteiger partial charge in [0.25, 0.3) is 0 Å². The summed E-state index contributed by atoms with van der Waals surface area (Å²) < 4.78 is -0.0764. The van der Waals surface area contributed by atoms with Crippen LogP contribution in [0.4, 0.5) is 0 Å². The highest BCUT2D eigenvalue weighted by Crippen LogP contribution is 2.61. The first kappa shape index (κ1) is 12.8. The smallest absolute Gasteiger partial charge is 0.221 e. The summed E-state index contributed by atoms with van der Waals surface area (Å²) in [4.78, 5) is 11.9. The van der Waals surface area contributed by atoms with E-state index in [0.717, 1.165) is 11.8 Å². The molecule has 0 spiro atoms. The van der Waals surface area contributed by atoms with Crippen LogP contribution >= 0.6 is 12.6 Å². The van der Waals surface area contributed by atoms with Crippen molar-refractivity contribution < 1.29 is 9.90 Å². The van der Waals surface area contributed by atoms with E-state index in [1.165, 1.54) is 32.1 Å². The van der Waals surface area contributed by atoms with Crippen LogP contribution in [0.2, 0.25) is 0 Å². The lowest BCUT2D eigenvalue weighted by Gasteiger charge is -2.59. The summed E-state index contributed by atoms with van der Waals surface area (Å²) in [6, 6.07) is 0. The first-order chi connectivity index (χ1) is 8.61. The Balaban J connectivity index is 1.68. The number of thiol groups is 1. The van der Waals surface area contributed by atoms with Crippen molar-refractivity contribution in [3.8, 4) is 0 Å². The molecule has 4 aliphatic carbocycles. The van der Waals surface area contributed by atoms with Crippen LogP contribution in [0.5, 0.6) is 0 Å². The quantitative estimate of drug-likeness (QED) is 0.679. The van der Waals surface area contributed by atoms with Crippen LogP contribution in [0.25, 0.3) is 0 Å². The minimum Gasteiger partial charge on any atom is -0.395 e. The van der Waals surface area contributed by atoms with E-state index in [-0.39, 0.29) is 17.3 Å². The maximum absolute atomic E-state index is 11.9. The van der Waals surface area contributed by atoms with Crippen LogP contribution in [-0.4, -0.2) is 28.9 Å². The molecule has 0 radical (unpaired) electrons. The number of hydrogen-bond donors (Lipinski definition) is 3. The second-order valence-electron chi connectivity index (χ2n) is 6.55. The van der Waals surface area contributed by atoms with E-state index in [0.29, 0.717) is 24.8 Å². The van der Waals surface area contributed by atoms with Crippen molar-refractivity contribution in [1.29, 1.82) is 0 Å². The highest BCUT2D eigenvalue weighted by molar-refractivity contribution is 7.81. The molecule has 3 nitrogen and oxygen atoms in total. The molecule has 0 aromatic carbocycles. The fourth-order valence-corrected chi connectivity index (χ4v) is 5.37. The second kappa shape index (κ2) is 4.71. The van der Waals surface area contributed by atoms with E-state index < -0.39 is 0 Å². The Morgan fingerprint density at radius 2 is 1.72 bits per heavy atom. The molecule has 4 bridgehead atoms. The van der Waals surface area contributed by atoms with Gasteiger partial charge in [-0.1, -0.05) is 0 Å². The number of hydrogen-bond acceptors (Lipinski definition) is 3. The van der Waals surface area contributed by atoms with Crippen LogP contribution in [0.3, 0.4) is 0 Å². The van der Waals surface area contributed by atoms with Gasteiger partial charge in [-0.05, 0) is 55.8 Å². The van der Waals surface area contributed by atoms with E-state index in [9.17, 15) is 4.79 Å². The van der Waals surface area contributed by atoms with E-state index in [2.05, 4.69) is 5.32 Å². The zero-order chi connectivity index (χ0) is 12.8. The monoisotopic (exact) mass is 269 g/mol. The van der Waals surface area contributed by atoms with Gasteiger partial charge in [0, 0.05) is 17.7 Å². The second-order valence-corrected chi connectivity index (χ2v) is 7.38. The fraction of sp³-hybridized carbons (Fsp3) is 0.929. The number of carbonyl (C=O) groups excluding carboxylic acids is 1. The zero-order valence-electron chi connectivity index (χ0n) is 10.8. The molecule has 0 aliphatic heterocycles. The number of amides is 1. The van der Waals surface area contributed by atoms with Gasteiger partial charge in [-0.2, -0.15) is 12.6 Å². The van der Waals surface area contributed by atoms with Crippen molar-refractivity contribution in [2.45, 2.75) is 43.3 Å². The molecule has 102 valence electrons. The summed E-state index contributed by atoms with van der Waals surface area (Å²) in [5.41, 5.74) is 0. The molecule has 0 saturated heterocycles. The van der Waals surface area contributed by atoms with Crippen LogP contribution in [0.1, 0.15) is 38.5 Å². The summed E-state index contributed by atoms with van der Waals surface area (Å²) in [5, 5.41) is 11.5. The van der Waals surface area contributed by atoms with Gasteiger partial charge in [0.05, 0.1) is 6.61 Å². The van der Waals surface area contributed by atoms with Crippen LogP contribution < -0.4 is 5.32 Å². The first-order valence-corrected chi connectivity index (χ1v) is 7.66. The lowest BCUT2D eigenvalue weighted by Crippen LogP contribution is -2.56. The summed E-state index contributed by atoms with van der Waals surface area (Å²) in [6.07, 6.45) is 7.08. The van der Waals surface area contributed by atoms with E-state index in [4.69, 9.17) is 17.7 Å². The van der Waals surface area contributed by atoms with Crippen molar-refractivity contribution in [1.82, 2.24) is 5.32 Å². The molecule has 2 N–H and O–H groups in total. The molecule has 18 heavy (non-hydrogen) atoms. The highest BCUT2D eigenvalue weighted by Gasteiger charge is 2.55. The predicted molar refractivity (Wildman–Crippen MR) is 73.5 cm³/mol. The molecular formula is C14H23NO2S. The minimum atomic E-state index is -0.0764. The average Bonchev–Trinajstić information content (AvgIpc) is 2.33. The van der Waals surface area contributed by atoms with E-state index >= 15 is 0 Å². The van der Waals surface area contributed by atoms with Gasteiger partial charge >= 0.3 is 0 Å². The van der Waals surface area contributed by atoms with Gasteiger partial charge in [0.15, 0.2) is 0 Å². The summed E-state index contributed by atoms with van der Waals surface area (Å²) >= 11 is 4.97. The topological polar surface area (TPSA) is 49.3 Å². The number of aliphatic hydroxyl groups excluding tert-OH is 1. The third kappa shape index (κ3) is 2.07. The Kier molecular flexibility index (Phi) is 3.35. The molecule has 0 aromatic rings. The maximum Gasteiger partial charge on any atom is 0.221 e. The molecule has 0 aromatic heterocycles. The van der Waals surface area contributed by atoms with Crippen molar-refractivity contribution in [3.05, 3.63) is 0 Å². The Morgan fingerprint density at radius 3 is 2.22 bits per heavy atom. The molecule has 4 fully saturated rings. The van der Waals surface area contributed by atoms with Gasteiger partial charge in [-0.15, -0.1) is 0 Å². The number of rotatable bonds is 4. The Morgan fingerprint density at radius 1 is 1.17 bits per heavy atom. The summed E-state index contributed by atoms with van der Waals surface area (Å²) in [5.74, 6) is 3.15. The normalized spacial score (nSPS) is 45.2. The molecule has 4 saturated carbocycles. The Hall–Kier alpha value is -0.220. The third-order valence-electron chi connectivity index (χ3n) is 5.43. The number of nitrogens with one attached hydrogen (secondary N) is 1. The largest absolute Gasteiger partial charge is 0.395 e. The van der Waals surface area contributed by atoms with Crippen molar-refractivity contribution >= 4 is 18.5 Å². The van der Waals surface area contributed by atoms with Crippen LogP contribution in [0.15, 0.2) is 0 Å². The predicted octanol–water partition coefficient (Wildman–Crippen LogP) is 1.61. The summed E-state index contributed by atoms with van der Waals surface area (Å²) in [6.45, 7) is 0.381. The lowest BCUT2D eigenvalue weighted by atomic mass is 9.51. The minimum absolute atomic E-state index is 0.0162. The van der Waals surface area contributed by atoms with Gasteiger partial charge in [0.1, 0.15) is 0 Å². The van der Waals surface area contributed by atoms with Crippen LogP contribution in [-0.2, 0) is 4.79 Å². The average molecular weight is 269 g/mol. The fourth-order valence-electron chi connectivity index (χ4n) is 4.80. The molecule has 0 unspecified atom stereocenters. The first-order valence-electron chi connectivity index (χ1n) is 7.21. The zero-order valence-corrected chi connectivity index (χ0v) is 11.7. The Labute approximate surface area is 114 Å². The van der Waals surface area contributed by atoms with E-state index in [1.54, 1.807) is 0 Å². The number of aliphatic hydroxyl groups is 1. The SMILES string of the molecule is O=C(CC1(S)C2CC3CC(C2)CC1C3)NCCO. The molecule has 1 amide bonds. The molecule has 0 heterocycles. The van der Waals surface area contributed by atoms with Crippen molar-refractivity contribution in [2.24, 2.45) is 23.7 Å².